The Morgan fingerprint density at radius 3 is 2.32 bits per heavy atom. The van der Waals surface area contributed by atoms with Gasteiger partial charge in [-0.25, -0.2) is 0 Å². The minimum atomic E-state index is -0.897. The lowest BCUT2D eigenvalue weighted by molar-refractivity contribution is -0.139. The molecule has 5 heteroatoms. The molecule has 5 nitrogen and oxygen atoms in total. The summed E-state index contributed by atoms with van der Waals surface area (Å²) in [6.45, 7) is 3.99. The second-order valence-corrected chi connectivity index (χ2v) is 4.74. The number of carboxylic acids is 1. The number of nitrogens with two attached hydrogens (primary N) is 1. The van der Waals surface area contributed by atoms with Crippen LogP contribution in [0.25, 0.3) is 0 Å². The van der Waals surface area contributed by atoms with Crippen LogP contribution in [-0.4, -0.2) is 34.5 Å². The zero-order chi connectivity index (χ0) is 14.4. The van der Waals surface area contributed by atoms with Gasteiger partial charge in [-0.15, -0.1) is 0 Å². The SMILES string of the molecule is CC(C)N(CCC(=O)O)C(=O)Cc1ccc(N)cc1. The second-order valence-electron chi connectivity index (χ2n) is 4.74. The molecule has 0 radical (unpaired) electrons. The van der Waals surface area contributed by atoms with Gasteiger partial charge in [0.1, 0.15) is 0 Å². The Kier molecular flexibility index (Phi) is 5.36. The van der Waals surface area contributed by atoms with Crippen LogP contribution < -0.4 is 5.73 Å². The Bertz CT molecular complexity index is 441. The Balaban J connectivity index is 2.66. The number of hydrogen-bond acceptors (Lipinski definition) is 3. The molecule has 0 heterocycles. The molecule has 104 valence electrons. The van der Waals surface area contributed by atoms with E-state index in [1.165, 1.54) is 0 Å². The smallest absolute Gasteiger partial charge is 0.305 e. The van der Waals surface area contributed by atoms with Gasteiger partial charge in [-0.2, -0.15) is 0 Å². The molecule has 0 aliphatic heterocycles. The van der Waals surface area contributed by atoms with Crippen molar-refractivity contribution in [3.63, 3.8) is 0 Å². The van der Waals surface area contributed by atoms with Gasteiger partial charge in [-0.1, -0.05) is 12.1 Å². The highest BCUT2D eigenvalue weighted by molar-refractivity contribution is 5.79. The molecule has 1 aromatic carbocycles. The summed E-state index contributed by atoms with van der Waals surface area (Å²) in [5.74, 6) is -0.966. The third-order valence-corrected chi connectivity index (χ3v) is 2.85. The molecular formula is C14H20N2O3. The molecule has 0 aromatic heterocycles. The molecule has 3 N–H and O–H groups in total. The molecule has 0 aliphatic rings. The zero-order valence-corrected chi connectivity index (χ0v) is 11.3. The number of hydrogen-bond donors (Lipinski definition) is 2. The lowest BCUT2D eigenvalue weighted by atomic mass is 10.1. The van der Waals surface area contributed by atoms with Crippen molar-refractivity contribution in [2.45, 2.75) is 32.7 Å². The Morgan fingerprint density at radius 2 is 1.84 bits per heavy atom. The Hall–Kier alpha value is -2.04. The number of rotatable bonds is 6. The number of benzene rings is 1. The molecule has 0 atom stereocenters. The second kappa shape index (κ2) is 6.78. The number of nitrogens with zero attached hydrogens (tertiary/aromatic N) is 1. The maximum atomic E-state index is 12.2. The van der Waals surface area contributed by atoms with Gasteiger partial charge < -0.3 is 15.7 Å². The first-order valence-corrected chi connectivity index (χ1v) is 6.26. The van der Waals surface area contributed by atoms with Crippen molar-refractivity contribution in [2.75, 3.05) is 12.3 Å². The van der Waals surface area contributed by atoms with Gasteiger partial charge in [-0.05, 0) is 31.5 Å². The zero-order valence-electron chi connectivity index (χ0n) is 11.3. The topological polar surface area (TPSA) is 83.6 Å². The van der Waals surface area contributed by atoms with E-state index >= 15 is 0 Å². The highest BCUT2D eigenvalue weighted by Crippen LogP contribution is 2.09. The van der Waals surface area contributed by atoms with Crippen molar-refractivity contribution in [1.29, 1.82) is 0 Å². The van der Waals surface area contributed by atoms with E-state index < -0.39 is 5.97 Å². The molecule has 0 fully saturated rings. The first-order valence-electron chi connectivity index (χ1n) is 6.26. The van der Waals surface area contributed by atoms with Gasteiger partial charge in [0.05, 0.1) is 12.8 Å². The van der Waals surface area contributed by atoms with E-state index in [2.05, 4.69) is 0 Å². The minimum Gasteiger partial charge on any atom is -0.481 e. The van der Waals surface area contributed by atoms with Crippen LogP contribution in [0, 0.1) is 0 Å². The normalized spacial score (nSPS) is 10.5. The predicted molar refractivity (Wildman–Crippen MR) is 73.7 cm³/mol. The molecule has 0 aliphatic carbocycles. The van der Waals surface area contributed by atoms with Crippen molar-refractivity contribution in [3.8, 4) is 0 Å². The summed E-state index contributed by atoms with van der Waals surface area (Å²) >= 11 is 0. The number of anilines is 1. The van der Waals surface area contributed by atoms with Crippen LogP contribution >= 0.6 is 0 Å². The Labute approximate surface area is 113 Å². The maximum Gasteiger partial charge on any atom is 0.305 e. The van der Waals surface area contributed by atoms with Gasteiger partial charge in [-0.3, -0.25) is 9.59 Å². The maximum absolute atomic E-state index is 12.2. The molecular weight excluding hydrogens is 244 g/mol. The van der Waals surface area contributed by atoms with E-state index in [1.807, 2.05) is 26.0 Å². The summed E-state index contributed by atoms with van der Waals surface area (Å²) in [6.07, 6.45) is 0.226. The minimum absolute atomic E-state index is 0.0133. The lowest BCUT2D eigenvalue weighted by Crippen LogP contribution is -2.39. The van der Waals surface area contributed by atoms with Crippen molar-refractivity contribution in [1.82, 2.24) is 4.90 Å². The molecule has 0 saturated carbocycles. The van der Waals surface area contributed by atoms with E-state index in [-0.39, 0.29) is 31.3 Å². The van der Waals surface area contributed by atoms with Crippen LogP contribution in [0.3, 0.4) is 0 Å². The van der Waals surface area contributed by atoms with Crippen LogP contribution in [0.15, 0.2) is 24.3 Å². The van der Waals surface area contributed by atoms with Crippen molar-refractivity contribution in [3.05, 3.63) is 29.8 Å². The van der Waals surface area contributed by atoms with E-state index in [0.717, 1.165) is 5.56 Å². The quantitative estimate of drug-likeness (QED) is 0.763. The number of carbonyl (C=O) groups is 2. The third kappa shape index (κ3) is 4.99. The molecule has 0 unspecified atom stereocenters. The molecule has 0 spiro atoms. The fourth-order valence-electron chi connectivity index (χ4n) is 1.80. The summed E-state index contributed by atoms with van der Waals surface area (Å²) in [5.41, 5.74) is 7.12. The highest BCUT2D eigenvalue weighted by atomic mass is 16.4. The van der Waals surface area contributed by atoms with Crippen LogP contribution in [0.4, 0.5) is 5.69 Å². The van der Waals surface area contributed by atoms with Gasteiger partial charge in [0.15, 0.2) is 0 Å². The molecule has 1 aromatic rings. The standard InChI is InChI=1S/C14H20N2O3/c1-10(2)16(8-7-14(18)19)13(17)9-11-3-5-12(15)6-4-11/h3-6,10H,7-9,15H2,1-2H3,(H,18,19). The number of carboxylic acid groups (broad SMARTS) is 1. The van der Waals surface area contributed by atoms with Crippen LogP contribution in [0.1, 0.15) is 25.8 Å². The average molecular weight is 264 g/mol. The van der Waals surface area contributed by atoms with E-state index in [0.29, 0.717) is 5.69 Å². The predicted octanol–water partition coefficient (Wildman–Crippen LogP) is 1.52. The average Bonchev–Trinajstić information content (AvgIpc) is 2.31. The summed E-state index contributed by atoms with van der Waals surface area (Å²) in [5, 5.41) is 8.69. The number of carbonyl (C=O) groups excluding carboxylic acids is 1. The fraction of sp³-hybridized carbons (Fsp3) is 0.429. The number of aliphatic carboxylic acids is 1. The van der Waals surface area contributed by atoms with Gasteiger partial charge in [0.25, 0.3) is 0 Å². The summed E-state index contributed by atoms with van der Waals surface area (Å²) in [7, 11) is 0. The number of amides is 1. The van der Waals surface area contributed by atoms with E-state index in [4.69, 9.17) is 10.8 Å². The fourth-order valence-corrected chi connectivity index (χ4v) is 1.80. The van der Waals surface area contributed by atoms with Crippen molar-refractivity contribution < 1.29 is 14.7 Å². The Morgan fingerprint density at radius 1 is 1.26 bits per heavy atom. The van der Waals surface area contributed by atoms with Crippen molar-refractivity contribution >= 4 is 17.6 Å². The largest absolute Gasteiger partial charge is 0.481 e. The first-order chi connectivity index (χ1) is 8.90. The summed E-state index contributed by atoms with van der Waals surface area (Å²) in [6, 6.07) is 7.10. The van der Waals surface area contributed by atoms with Crippen LogP contribution in [0.5, 0.6) is 0 Å². The molecule has 1 amide bonds. The van der Waals surface area contributed by atoms with Gasteiger partial charge in [0, 0.05) is 18.3 Å². The van der Waals surface area contributed by atoms with Gasteiger partial charge >= 0.3 is 5.97 Å². The van der Waals surface area contributed by atoms with E-state index in [9.17, 15) is 9.59 Å². The molecule has 0 bridgehead atoms. The van der Waals surface area contributed by atoms with Crippen LogP contribution in [-0.2, 0) is 16.0 Å². The van der Waals surface area contributed by atoms with Gasteiger partial charge in [0.2, 0.25) is 5.91 Å². The molecule has 1 rings (SSSR count). The van der Waals surface area contributed by atoms with Crippen LogP contribution in [0.2, 0.25) is 0 Å². The van der Waals surface area contributed by atoms with E-state index in [1.54, 1.807) is 17.0 Å². The highest BCUT2D eigenvalue weighted by Gasteiger charge is 2.18. The monoisotopic (exact) mass is 264 g/mol. The number of nitrogen functional groups attached to an aromatic ring is 1. The summed E-state index contributed by atoms with van der Waals surface area (Å²) in [4.78, 5) is 24.3. The lowest BCUT2D eigenvalue weighted by Gasteiger charge is -2.26. The molecule has 0 saturated heterocycles. The van der Waals surface area contributed by atoms with Crippen molar-refractivity contribution in [2.24, 2.45) is 0 Å². The first kappa shape index (κ1) is 15.0. The third-order valence-electron chi connectivity index (χ3n) is 2.85. The summed E-state index contributed by atoms with van der Waals surface area (Å²) < 4.78 is 0. The molecule has 19 heavy (non-hydrogen) atoms.